The monoisotopic (exact) mass is 784 g/mol. The number of halogens is 2. The molecule has 11 heteroatoms. The lowest BCUT2D eigenvalue weighted by atomic mass is 10.0. The van der Waals surface area contributed by atoms with Gasteiger partial charge in [0.2, 0.25) is 5.91 Å². The van der Waals surface area contributed by atoms with Crippen molar-refractivity contribution in [1.29, 1.82) is 0 Å². The number of carbonyl (C=O) groups excluding carboxylic acids is 3. The zero-order valence-electron chi connectivity index (χ0n) is 28.3. The molecule has 1 heterocycles. The molecule has 0 aliphatic heterocycles. The second-order valence-corrected chi connectivity index (χ2v) is 14.9. The first kappa shape index (κ1) is 36.6. The average Bonchev–Trinajstić information content (AvgIpc) is 3.65. The van der Waals surface area contributed by atoms with E-state index in [4.69, 9.17) is 23.2 Å². The van der Waals surface area contributed by atoms with Crippen molar-refractivity contribution in [3.05, 3.63) is 183 Å². The predicted molar refractivity (Wildman–Crippen MR) is 222 cm³/mol. The number of hydrogen-bond donors (Lipinski definition) is 3. The summed E-state index contributed by atoms with van der Waals surface area (Å²) in [6, 6.07) is 44.3. The highest BCUT2D eigenvalue weighted by atomic mass is 35.5. The van der Waals surface area contributed by atoms with Gasteiger partial charge in [0.05, 0.1) is 10.7 Å². The molecule has 0 aliphatic carbocycles. The molecular formula is C43H30Cl2N4O3S2. The summed E-state index contributed by atoms with van der Waals surface area (Å²) in [5.41, 5.74) is 3.97. The molecule has 7 rings (SSSR count). The van der Waals surface area contributed by atoms with Gasteiger partial charge in [-0.2, -0.15) is 0 Å². The number of thiazole rings is 1. The Labute approximate surface area is 330 Å². The van der Waals surface area contributed by atoms with Gasteiger partial charge in [0.1, 0.15) is 10.9 Å². The van der Waals surface area contributed by atoms with Crippen LogP contribution in [0.3, 0.4) is 0 Å². The van der Waals surface area contributed by atoms with Crippen LogP contribution in [0.1, 0.15) is 26.7 Å². The van der Waals surface area contributed by atoms with Crippen LogP contribution in [0.5, 0.6) is 0 Å². The highest BCUT2D eigenvalue weighted by Crippen LogP contribution is 2.38. The molecule has 0 bridgehead atoms. The van der Waals surface area contributed by atoms with Crippen molar-refractivity contribution in [2.24, 2.45) is 0 Å². The molecule has 0 radical (unpaired) electrons. The molecule has 7 nitrogen and oxygen atoms in total. The van der Waals surface area contributed by atoms with Crippen LogP contribution in [0.15, 0.2) is 162 Å². The Bertz CT molecular complexity index is 2490. The highest BCUT2D eigenvalue weighted by Gasteiger charge is 2.24. The average molecular weight is 786 g/mol. The molecule has 3 N–H and O–H groups in total. The van der Waals surface area contributed by atoms with E-state index in [1.54, 1.807) is 60.7 Å². The lowest BCUT2D eigenvalue weighted by Crippen LogP contribution is -2.30. The van der Waals surface area contributed by atoms with Gasteiger partial charge in [-0.15, -0.1) is 23.1 Å². The number of anilines is 2. The van der Waals surface area contributed by atoms with Gasteiger partial charge in [0.15, 0.2) is 5.13 Å². The second kappa shape index (κ2) is 17.0. The summed E-state index contributed by atoms with van der Waals surface area (Å²) in [5.74, 6) is -1.14. The number of nitrogens with zero attached hydrogens (tertiary/aromatic N) is 1. The summed E-state index contributed by atoms with van der Waals surface area (Å²) in [7, 11) is 0. The molecule has 7 aromatic rings. The van der Waals surface area contributed by atoms with Crippen molar-refractivity contribution in [1.82, 2.24) is 10.3 Å². The van der Waals surface area contributed by atoms with Gasteiger partial charge >= 0.3 is 0 Å². The second-order valence-electron chi connectivity index (χ2n) is 12.0. The lowest BCUT2D eigenvalue weighted by molar-refractivity contribution is -0.116. The summed E-state index contributed by atoms with van der Waals surface area (Å²) >= 11 is 15.1. The molecule has 1 atom stereocenters. The minimum Gasteiger partial charge on any atom is -0.321 e. The van der Waals surface area contributed by atoms with Crippen LogP contribution >= 0.6 is 46.3 Å². The van der Waals surface area contributed by atoms with Crippen LogP contribution in [0.25, 0.3) is 28.1 Å². The van der Waals surface area contributed by atoms with E-state index in [2.05, 4.69) is 20.9 Å². The molecule has 3 amide bonds. The minimum atomic E-state index is -0.610. The first-order valence-electron chi connectivity index (χ1n) is 16.7. The number of thioether (sulfide) groups is 1. The fraction of sp³-hybridized carbons (Fsp3) is 0.0233. The number of nitrogens with one attached hydrogen (secondary N) is 3. The lowest BCUT2D eigenvalue weighted by Gasteiger charge is -2.17. The Kier molecular flexibility index (Phi) is 11.5. The Hall–Kier alpha value is -5.71. The Morgan fingerprint density at radius 1 is 0.741 bits per heavy atom. The molecule has 54 heavy (non-hydrogen) atoms. The van der Waals surface area contributed by atoms with Crippen molar-refractivity contribution >= 4 is 91.7 Å². The maximum Gasteiger partial charge on any atom is 0.272 e. The number of rotatable bonds is 11. The summed E-state index contributed by atoms with van der Waals surface area (Å²) < 4.78 is 0. The van der Waals surface area contributed by atoms with Crippen LogP contribution in [-0.4, -0.2) is 22.7 Å². The van der Waals surface area contributed by atoms with Gasteiger partial charge in [-0.1, -0.05) is 114 Å². The van der Waals surface area contributed by atoms with Crippen LogP contribution in [-0.2, 0) is 9.59 Å². The van der Waals surface area contributed by atoms with Crippen molar-refractivity contribution in [2.75, 3.05) is 10.6 Å². The van der Waals surface area contributed by atoms with Crippen LogP contribution < -0.4 is 16.0 Å². The fourth-order valence-corrected chi connectivity index (χ4v) is 7.89. The van der Waals surface area contributed by atoms with E-state index in [-0.39, 0.29) is 11.6 Å². The summed E-state index contributed by atoms with van der Waals surface area (Å²) in [4.78, 5) is 46.2. The summed E-state index contributed by atoms with van der Waals surface area (Å²) in [6.45, 7) is 0. The Morgan fingerprint density at radius 2 is 1.44 bits per heavy atom. The molecule has 1 aromatic heterocycles. The minimum absolute atomic E-state index is 0.0862. The molecule has 0 saturated heterocycles. The van der Waals surface area contributed by atoms with E-state index in [1.165, 1.54) is 23.1 Å². The maximum atomic E-state index is 13.8. The van der Waals surface area contributed by atoms with E-state index in [9.17, 15) is 14.4 Å². The molecule has 0 saturated carbocycles. The van der Waals surface area contributed by atoms with E-state index in [0.717, 1.165) is 26.8 Å². The third-order valence-corrected chi connectivity index (χ3v) is 10.9. The number of aromatic nitrogens is 1. The number of benzene rings is 6. The standard InChI is InChI=1S/C43H30Cl2N4O3S2/c44-31-18-23-35(36(45)25-31)38-26-53-43(48-38)49-42(52)39(28-11-3-1-4-12-28)54-33-21-19-32(20-22-33)46-41(51)37(47-40(50)29-13-5-2-6-14-29)24-30-16-9-15-27-10-7-8-17-34(27)30/h1-26,39H,(H,46,51)(H,47,50)(H,48,49,52)/b37-24-. The number of amides is 3. The SMILES string of the molecule is O=C(Nc1ccc(SC(C(=O)Nc2nc(-c3ccc(Cl)cc3Cl)cs2)c2ccccc2)cc1)/C(=C/c1cccc2ccccc12)NC(=O)c1ccccc1. The van der Waals surface area contributed by atoms with E-state index < -0.39 is 17.1 Å². The molecule has 266 valence electrons. The zero-order valence-corrected chi connectivity index (χ0v) is 31.5. The molecule has 0 aliphatic rings. The first-order valence-corrected chi connectivity index (χ1v) is 19.2. The van der Waals surface area contributed by atoms with E-state index in [0.29, 0.717) is 37.7 Å². The molecular weight excluding hydrogens is 756 g/mol. The number of hydrogen-bond acceptors (Lipinski definition) is 6. The highest BCUT2D eigenvalue weighted by molar-refractivity contribution is 8.00. The van der Waals surface area contributed by atoms with Gasteiger partial charge in [-0.3, -0.25) is 14.4 Å². The fourth-order valence-electron chi connectivity index (χ4n) is 5.65. The third kappa shape index (κ3) is 8.90. The van der Waals surface area contributed by atoms with Crippen LogP contribution in [0.4, 0.5) is 10.8 Å². The van der Waals surface area contributed by atoms with Gasteiger partial charge in [-0.05, 0) is 82.6 Å². The van der Waals surface area contributed by atoms with Gasteiger partial charge in [0.25, 0.3) is 11.8 Å². The number of fused-ring (bicyclic) bond motifs is 1. The quantitative estimate of drug-likeness (QED) is 0.0896. The van der Waals surface area contributed by atoms with Gasteiger partial charge in [-0.25, -0.2) is 4.98 Å². The van der Waals surface area contributed by atoms with Gasteiger partial charge < -0.3 is 16.0 Å². The van der Waals surface area contributed by atoms with Crippen LogP contribution in [0, 0.1) is 0 Å². The van der Waals surface area contributed by atoms with E-state index in [1.807, 2.05) is 96.4 Å². The number of carbonyl (C=O) groups is 3. The smallest absolute Gasteiger partial charge is 0.272 e. The summed E-state index contributed by atoms with van der Waals surface area (Å²) in [5, 5.41) is 13.3. The van der Waals surface area contributed by atoms with Gasteiger partial charge in [0, 0.05) is 32.1 Å². The molecule has 0 spiro atoms. The van der Waals surface area contributed by atoms with Crippen molar-refractivity contribution < 1.29 is 14.4 Å². The van der Waals surface area contributed by atoms with Crippen molar-refractivity contribution in [3.63, 3.8) is 0 Å². The molecule has 0 fully saturated rings. The van der Waals surface area contributed by atoms with Crippen molar-refractivity contribution in [2.45, 2.75) is 10.1 Å². The Morgan fingerprint density at radius 3 is 2.20 bits per heavy atom. The first-order chi connectivity index (χ1) is 26.3. The third-order valence-electron chi connectivity index (χ3n) is 8.30. The normalized spacial score (nSPS) is 11.9. The largest absolute Gasteiger partial charge is 0.321 e. The van der Waals surface area contributed by atoms with E-state index >= 15 is 0 Å². The zero-order chi connectivity index (χ0) is 37.4. The maximum absolute atomic E-state index is 13.8. The Balaban J connectivity index is 1.09. The topological polar surface area (TPSA) is 100 Å². The summed E-state index contributed by atoms with van der Waals surface area (Å²) in [6.07, 6.45) is 1.68. The molecule has 1 unspecified atom stereocenters. The van der Waals surface area contributed by atoms with Crippen LogP contribution in [0.2, 0.25) is 10.0 Å². The molecule has 6 aromatic carbocycles. The predicted octanol–water partition coefficient (Wildman–Crippen LogP) is 11.2. The van der Waals surface area contributed by atoms with Crippen molar-refractivity contribution in [3.8, 4) is 11.3 Å².